The summed E-state index contributed by atoms with van der Waals surface area (Å²) in [5.41, 5.74) is 1.28. The Morgan fingerprint density at radius 1 is 0.944 bits per heavy atom. The van der Waals surface area contributed by atoms with Crippen LogP contribution in [0.1, 0.15) is 33.3 Å². The fourth-order valence-corrected chi connectivity index (χ4v) is 4.72. The Balaban J connectivity index is 1.76. The Morgan fingerprint density at radius 3 is 2.22 bits per heavy atom. The fourth-order valence-electron chi connectivity index (χ4n) is 4.55. The lowest BCUT2D eigenvalue weighted by Gasteiger charge is -2.26. The predicted octanol–water partition coefficient (Wildman–Crippen LogP) is 5.36. The van der Waals surface area contributed by atoms with E-state index in [2.05, 4.69) is 0 Å². The van der Waals surface area contributed by atoms with Gasteiger partial charge in [-0.25, -0.2) is 4.39 Å². The Kier molecular flexibility index (Phi) is 6.05. The van der Waals surface area contributed by atoms with Crippen molar-refractivity contribution in [3.63, 3.8) is 0 Å². The molecule has 0 bridgehead atoms. The van der Waals surface area contributed by atoms with E-state index >= 15 is 0 Å². The first-order valence-corrected chi connectivity index (χ1v) is 11.4. The molecule has 0 radical (unpaired) electrons. The Morgan fingerprint density at radius 2 is 1.61 bits per heavy atom. The summed E-state index contributed by atoms with van der Waals surface area (Å²) >= 11 is 6.15. The summed E-state index contributed by atoms with van der Waals surface area (Å²) in [6, 6.07) is 13.0. The van der Waals surface area contributed by atoms with Crippen molar-refractivity contribution in [1.82, 2.24) is 4.90 Å². The summed E-state index contributed by atoms with van der Waals surface area (Å²) < 4.78 is 35.9. The lowest BCUT2D eigenvalue weighted by Crippen LogP contribution is -2.29. The van der Waals surface area contributed by atoms with Gasteiger partial charge in [0, 0.05) is 11.6 Å². The Bertz CT molecular complexity index is 1520. The highest BCUT2D eigenvalue weighted by Crippen LogP contribution is 2.45. The molecule has 0 saturated heterocycles. The molecule has 36 heavy (non-hydrogen) atoms. The summed E-state index contributed by atoms with van der Waals surface area (Å²) in [5.74, 6) is 0.176. The van der Waals surface area contributed by atoms with Crippen LogP contribution in [0.3, 0.4) is 0 Å². The smallest absolute Gasteiger partial charge is 0.291 e. The van der Waals surface area contributed by atoms with E-state index in [1.54, 1.807) is 36.4 Å². The van der Waals surface area contributed by atoms with Crippen LogP contribution in [0, 0.1) is 5.82 Å². The van der Waals surface area contributed by atoms with E-state index in [1.807, 2.05) is 0 Å². The van der Waals surface area contributed by atoms with Crippen molar-refractivity contribution < 1.29 is 27.8 Å². The van der Waals surface area contributed by atoms with Gasteiger partial charge in [0.15, 0.2) is 16.9 Å². The molecular weight excluding hydrogens is 489 g/mol. The topological polar surface area (TPSA) is 78.2 Å². The van der Waals surface area contributed by atoms with Crippen molar-refractivity contribution >= 4 is 28.5 Å². The Labute approximate surface area is 210 Å². The van der Waals surface area contributed by atoms with Gasteiger partial charge in [-0.3, -0.25) is 9.59 Å². The minimum absolute atomic E-state index is 0.0596. The number of amides is 1. The van der Waals surface area contributed by atoms with Gasteiger partial charge in [0.05, 0.1) is 38.3 Å². The molecule has 4 aromatic rings. The molecule has 0 N–H and O–H groups in total. The molecule has 184 valence electrons. The Hall–Kier alpha value is -4.04. The third kappa shape index (κ3) is 3.83. The van der Waals surface area contributed by atoms with Crippen molar-refractivity contribution in [1.29, 1.82) is 0 Å². The number of fused-ring (bicyclic) bond motifs is 2. The van der Waals surface area contributed by atoms with Gasteiger partial charge in [-0.05, 0) is 53.6 Å². The normalized spacial score (nSPS) is 14.8. The molecule has 0 saturated carbocycles. The van der Waals surface area contributed by atoms with Crippen LogP contribution >= 0.6 is 11.6 Å². The number of hydrogen-bond acceptors (Lipinski definition) is 6. The molecule has 9 heteroatoms. The highest BCUT2D eigenvalue weighted by Gasteiger charge is 2.43. The van der Waals surface area contributed by atoms with Crippen molar-refractivity contribution in [2.75, 3.05) is 21.3 Å². The van der Waals surface area contributed by atoms with Gasteiger partial charge >= 0.3 is 0 Å². The zero-order valence-corrected chi connectivity index (χ0v) is 20.4. The maximum absolute atomic E-state index is 13.7. The number of carbonyl (C=O) groups excluding carboxylic acids is 1. The minimum Gasteiger partial charge on any atom is -0.493 e. The molecule has 0 aliphatic carbocycles. The molecule has 7 nitrogen and oxygen atoms in total. The van der Waals surface area contributed by atoms with Crippen molar-refractivity contribution in [2.24, 2.45) is 0 Å². The average Bonchev–Trinajstić information content (AvgIpc) is 3.16. The second kappa shape index (κ2) is 9.20. The SMILES string of the molecule is COc1cc(C2c3c(oc4ccc(Cl)cc4c3=O)C(=O)N2Cc2ccc(F)cc2)cc(OC)c1OC. The van der Waals surface area contributed by atoms with Crippen molar-refractivity contribution in [3.8, 4) is 17.2 Å². The van der Waals surface area contributed by atoms with Gasteiger partial charge in [-0.2, -0.15) is 0 Å². The molecule has 0 fully saturated rings. The molecule has 1 atom stereocenters. The van der Waals surface area contributed by atoms with Gasteiger partial charge in [0.2, 0.25) is 11.5 Å². The van der Waals surface area contributed by atoms with E-state index in [4.69, 9.17) is 30.2 Å². The van der Waals surface area contributed by atoms with Crippen LogP contribution < -0.4 is 19.6 Å². The number of carbonyl (C=O) groups is 1. The zero-order chi connectivity index (χ0) is 25.6. The first-order valence-electron chi connectivity index (χ1n) is 11.0. The second-order valence-corrected chi connectivity index (χ2v) is 8.67. The second-order valence-electron chi connectivity index (χ2n) is 8.24. The number of halogens is 2. The molecule has 1 aromatic heterocycles. The largest absolute Gasteiger partial charge is 0.493 e. The molecule has 1 aliphatic heterocycles. The molecule has 1 unspecified atom stereocenters. The van der Waals surface area contributed by atoms with E-state index in [1.165, 1.54) is 44.4 Å². The number of methoxy groups -OCH3 is 3. The first-order chi connectivity index (χ1) is 17.4. The van der Waals surface area contributed by atoms with E-state index in [0.29, 0.717) is 33.4 Å². The monoisotopic (exact) mass is 509 g/mol. The van der Waals surface area contributed by atoms with Crippen LogP contribution in [-0.4, -0.2) is 32.1 Å². The fraction of sp³-hybridized carbons (Fsp3) is 0.185. The predicted molar refractivity (Wildman–Crippen MR) is 132 cm³/mol. The van der Waals surface area contributed by atoms with E-state index in [9.17, 15) is 14.0 Å². The molecule has 0 spiro atoms. The average molecular weight is 510 g/mol. The van der Waals surface area contributed by atoms with Crippen LogP contribution in [0.15, 0.2) is 63.8 Å². The maximum atomic E-state index is 13.7. The van der Waals surface area contributed by atoms with E-state index < -0.39 is 17.8 Å². The van der Waals surface area contributed by atoms with E-state index in [-0.39, 0.29) is 34.3 Å². The number of ether oxygens (including phenoxy) is 3. The van der Waals surface area contributed by atoms with Crippen LogP contribution in [0.5, 0.6) is 17.2 Å². The van der Waals surface area contributed by atoms with Gasteiger partial charge in [-0.1, -0.05) is 23.7 Å². The van der Waals surface area contributed by atoms with Crippen LogP contribution in [0.4, 0.5) is 4.39 Å². The number of hydrogen-bond donors (Lipinski definition) is 0. The highest BCUT2D eigenvalue weighted by atomic mass is 35.5. The third-order valence-electron chi connectivity index (χ3n) is 6.20. The van der Waals surface area contributed by atoms with Crippen LogP contribution in [0.25, 0.3) is 11.0 Å². The highest BCUT2D eigenvalue weighted by molar-refractivity contribution is 6.31. The standard InChI is InChI=1S/C27H21ClFNO6/c1-33-20-10-15(11-21(34-2)25(20)35-3)23-22-24(31)18-12-16(28)6-9-19(18)36-26(22)27(32)30(23)13-14-4-7-17(29)8-5-14/h4-12,23H,13H2,1-3H3. The minimum atomic E-state index is -0.842. The molecule has 1 aliphatic rings. The molecule has 3 aromatic carbocycles. The van der Waals surface area contributed by atoms with Crippen LogP contribution in [-0.2, 0) is 6.54 Å². The summed E-state index contributed by atoms with van der Waals surface area (Å²) in [5, 5.41) is 0.627. The molecule has 2 heterocycles. The lowest BCUT2D eigenvalue weighted by atomic mass is 9.97. The number of benzene rings is 3. The number of rotatable bonds is 6. The van der Waals surface area contributed by atoms with Crippen molar-refractivity contribution in [3.05, 3.63) is 98.1 Å². The molecular formula is C27H21ClFNO6. The lowest BCUT2D eigenvalue weighted by molar-refractivity contribution is 0.0714. The summed E-state index contributed by atoms with van der Waals surface area (Å²) in [6.45, 7) is 0.0984. The third-order valence-corrected chi connectivity index (χ3v) is 6.43. The summed E-state index contributed by atoms with van der Waals surface area (Å²) in [6.07, 6.45) is 0. The molecule has 1 amide bonds. The zero-order valence-electron chi connectivity index (χ0n) is 19.6. The quantitative estimate of drug-likeness (QED) is 0.348. The van der Waals surface area contributed by atoms with Gasteiger partial charge < -0.3 is 23.5 Å². The van der Waals surface area contributed by atoms with Gasteiger partial charge in [-0.15, -0.1) is 0 Å². The maximum Gasteiger partial charge on any atom is 0.291 e. The molecule has 5 rings (SSSR count). The first kappa shape index (κ1) is 23.7. The van der Waals surface area contributed by atoms with Gasteiger partial charge in [0.1, 0.15) is 11.4 Å². The number of nitrogens with zero attached hydrogens (tertiary/aromatic N) is 1. The van der Waals surface area contributed by atoms with Crippen molar-refractivity contribution in [2.45, 2.75) is 12.6 Å². The summed E-state index contributed by atoms with van der Waals surface area (Å²) in [4.78, 5) is 28.9. The summed E-state index contributed by atoms with van der Waals surface area (Å²) in [7, 11) is 4.45. The van der Waals surface area contributed by atoms with Crippen LogP contribution in [0.2, 0.25) is 5.02 Å². The van der Waals surface area contributed by atoms with E-state index in [0.717, 1.165) is 0 Å². The van der Waals surface area contributed by atoms with Gasteiger partial charge in [0.25, 0.3) is 5.91 Å².